The van der Waals surface area contributed by atoms with Crippen molar-refractivity contribution < 1.29 is 4.79 Å². The van der Waals surface area contributed by atoms with E-state index in [9.17, 15) is 4.79 Å². The smallest absolute Gasteiger partial charge is 0.232 e. The third kappa shape index (κ3) is 4.17. The van der Waals surface area contributed by atoms with Gasteiger partial charge in [0.25, 0.3) is 0 Å². The highest BCUT2D eigenvalue weighted by molar-refractivity contribution is 7.15. The van der Waals surface area contributed by atoms with E-state index in [0.717, 1.165) is 41.3 Å². The first-order valence-electron chi connectivity index (χ1n) is 9.48. The average Bonchev–Trinajstić information content (AvgIpc) is 3.13. The molecule has 7 nitrogen and oxygen atoms in total. The second-order valence-electron chi connectivity index (χ2n) is 6.82. The van der Waals surface area contributed by atoms with Gasteiger partial charge in [0, 0.05) is 31.1 Å². The van der Waals surface area contributed by atoms with Crippen molar-refractivity contribution in [2.45, 2.75) is 26.2 Å². The molecule has 1 N–H and O–H groups in total. The molecule has 0 bridgehead atoms. The van der Waals surface area contributed by atoms with Crippen molar-refractivity contribution in [3.8, 4) is 11.3 Å². The van der Waals surface area contributed by atoms with Crippen LogP contribution in [0.2, 0.25) is 0 Å². The van der Waals surface area contributed by atoms with Gasteiger partial charge in [-0.2, -0.15) is 0 Å². The molecule has 3 aromatic rings. The van der Waals surface area contributed by atoms with Crippen LogP contribution in [-0.2, 0) is 11.2 Å². The Labute approximate surface area is 167 Å². The number of aryl methyl sites for hydroxylation is 1. The number of rotatable bonds is 7. The molecule has 1 aromatic carbocycles. The molecule has 0 aliphatic carbocycles. The first-order chi connectivity index (χ1) is 13.7. The number of hydrogen-bond acceptors (Lipinski definition) is 7. The van der Waals surface area contributed by atoms with Crippen LogP contribution in [0.15, 0.2) is 42.7 Å². The van der Waals surface area contributed by atoms with Crippen molar-refractivity contribution in [1.82, 2.24) is 20.2 Å². The summed E-state index contributed by atoms with van der Waals surface area (Å²) in [6, 6.07) is 12.0. The van der Waals surface area contributed by atoms with Crippen molar-refractivity contribution >= 4 is 28.2 Å². The van der Waals surface area contributed by atoms with Gasteiger partial charge in [-0.25, -0.2) is 9.97 Å². The second kappa shape index (κ2) is 8.43. The van der Waals surface area contributed by atoms with Gasteiger partial charge in [0.15, 0.2) is 0 Å². The van der Waals surface area contributed by atoms with Crippen LogP contribution in [0.5, 0.6) is 0 Å². The van der Waals surface area contributed by atoms with Crippen LogP contribution in [0.1, 0.15) is 24.8 Å². The Morgan fingerprint density at radius 2 is 2.04 bits per heavy atom. The zero-order chi connectivity index (χ0) is 19.3. The molecule has 4 rings (SSSR count). The lowest BCUT2D eigenvalue weighted by Crippen LogP contribution is -2.52. The van der Waals surface area contributed by atoms with Crippen molar-refractivity contribution in [2.24, 2.45) is 5.92 Å². The average molecular weight is 395 g/mol. The van der Waals surface area contributed by atoms with Gasteiger partial charge >= 0.3 is 0 Å². The highest BCUT2D eigenvalue weighted by Gasteiger charge is 2.34. The lowest BCUT2D eigenvalue weighted by atomic mass is 9.99. The molecule has 1 fully saturated rings. The molecule has 28 heavy (non-hydrogen) atoms. The van der Waals surface area contributed by atoms with E-state index in [1.54, 1.807) is 6.33 Å². The predicted octanol–water partition coefficient (Wildman–Crippen LogP) is 3.41. The van der Waals surface area contributed by atoms with Gasteiger partial charge in [-0.05, 0) is 6.42 Å². The monoisotopic (exact) mass is 394 g/mol. The number of nitrogens with one attached hydrogen (secondary N) is 1. The van der Waals surface area contributed by atoms with E-state index in [0.29, 0.717) is 18.2 Å². The highest BCUT2D eigenvalue weighted by Crippen LogP contribution is 2.27. The largest absolute Gasteiger partial charge is 0.355 e. The van der Waals surface area contributed by atoms with Crippen LogP contribution in [-0.4, -0.2) is 39.2 Å². The minimum Gasteiger partial charge on any atom is -0.355 e. The Hall–Kier alpha value is -2.87. The molecular formula is C20H22N6OS. The predicted molar refractivity (Wildman–Crippen MR) is 110 cm³/mol. The minimum atomic E-state index is -0.0712. The van der Waals surface area contributed by atoms with Crippen LogP contribution in [0, 0.1) is 5.92 Å². The number of amides is 1. The van der Waals surface area contributed by atoms with E-state index in [1.807, 2.05) is 36.4 Å². The van der Waals surface area contributed by atoms with Gasteiger partial charge < -0.3 is 10.2 Å². The van der Waals surface area contributed by atoms with Crippen molar-refractivity contribution in [2.75, 3.05) is 23.3 Å². The van der Waals surface area contributed by atoms with Gasteiger partial charge in [-0.15, -0.1) is 10.2 Å². The van der Waals surface area contributed by atoms with E-state index < -0.39 is 0 Å². The number of benzene rings is 1. The molecule has 0 radical (unpaired) electrons. The Morgan fingerprint density at radius 1 is 1.21 bits per heavy atom. The van der Waals surface area contributed by atoms with Crippen molar-refractivity contribution in [1.29, 1.82) is 0 Å². The molecular weight excluding hydrogens is 372 g/mol. The van der Waals surface area contributed by atoms with Gasteiger partial charge in [0.05, 0.1) is 11.6 Å². The maximum Gasteiger partial charge on any atom is 0.232 e. The summed E-state index contributed by atoms with van der Waals surface area (Å²) in [6.45, 7) is 3.42. The number of hydrogen-bond donors (Lipinski definition) is 1. The lowest BCUT2D eigenvalue weighted by molar-refractivity contribution is -0.120. The maximum absolute atomic E-state index is 12.5. The zero-order valence-corrected chi connectivity index (χ0v) is 16.5. The summed E-state index contributed by atoms with van der Waals surface area (Å²) in [4.78, 5) is 23.3. The first-order valence-corrected chi connectivity index (χ1v) is 10.3. The number of carbonyl (C=O) groups is 1. The maximum atomic E-state index is 12.5. The Bertz CT molecular complexity index is 939. The Morgan fingerprint density at radius 3 is 2.82 bits per heavy atom. The summed E-state index contributed by atoms with van der Waals surface area (Å²) >= 11 is 1.46. The van der Waals surface area contributed by atoms with Crippen molar-refractivity contribution in [3.05, 3.63) is 47.7 Å². The number of anilines is 2. The van der Waals surface area contributed by atoms with Gasteiger partial charge in [0.2, 0.25) is 11.0 Å². The number of unbranched alkanes of at least 4 members (excludes halogenated alkanes) is 1. The topological polar surface area (TPSA) is 83.9 Å². The highest BCUT2D eigenvalue weighted by atomic mass is 32.1. The summed E-state index contributed by atoms with van der Waals surface area (Å²) < 4.78 is 0. The van der Waals surface area contributed by atoms with Crippen LogP contribution >= 0.6 is 11.3 Å². The summed E-state index contributed by atoms with van der Waals surface area (Å²) in [5.41, 5.74) is 1.93. The fourth-order valence-electron chi connectivity index (χ4n) is 3.06. The molecule has 3 heterocycles. The molecule has 1 aliphatic heterocycles. The Kier molecular flexibility index (Phi) is 5.57. The minimum absolute atomic E-state index is 0.00761. The SMILES string of the molecule is CCCCc1nnc(NC(=O)C2CN(c3cc(-c4ccccc4)ncn3)C2)s1. The number of carbonyl (C=O) groups excluding carboxylic acids is 1. The normalized spacial score (nSPS) is 14.0. The zero-order valence-electron chi connectivity index (χ0n) is 15.7. The van der Waals surface area contributed by atoms with Gasteiger partial charge in [0.1, 0.15) is 17.2 Å². The molecule has 8 heteroatoms. The quantitative estimate of drug-likeness (QED) is 0.661. The number of aromatic nitrogens is 4. The Balaban J connectivity index is 1.33. The molecule has 2 aromatic heterocycles. The van der Waals surface area contributed by atoms with E-state index in [1.165, 1.54) is 11.3 Å². The summed E-state index contributed by atoms with van der Waals surface area (Å²) in [5.74, 6) is 0.764. The van der Waals surface area contributed by atoms with Crippen molar-refractivity contribution in [3.63, 3.8) is 0 Å². The molecule has 0 atom stereocenters. The summed E-state index contributed by atoms with van der Waals surface area (Å²) in [6.07, 6.45) is 4.70. The molecule has 0 spiro atoms. The molecule has 1 saturated heterocycles. The van der Waals surface area contributed by atoms with Crippen LogP contribution in [0.4, 0.5) is 10.9 Å². The standard InChI is InChI=1S/C20H22N6OS/c1-2-3-9-18-24-25-20(28-18)23-19(27)15-11-26(12-15)17-10-16(21-13-22-17)14-7-5-4-6-8-14/h4-8,10,13,15H,2-3,9,11-12H2,1H3,(H,23,25,27). The molecule has 0 unspecified atom stereocenters. The fraction of sp³-hybridized carbons (Fsp3) is 0.350. The van der Waals surface area contributed by atoms with E-state index >= 15 is 0 Å². The van der Waals surface area contributed by atoms with E-state index in [2.05, 4.69) is 37.3 Å². The van der Waals surface area contributed by atoms with E-state index in [4.69, 9.17) is 0 Å². The van der Waals surface area contributed by atoms with Gasteiger partial charge in [-0.3, -0.25) is 4.79 Å². The third-order valence-electron chi connectivity index (χ3n) is 4.74. The third-order valence-corrected chi connectivity index (χ3v) is 5.64. The number of nitrogens with zero attached hydrogens (tertiary/aromatic N) is 5. The van der Waals surface area contributed by atoms with Crippen LogP contribution < -0.4 is 10.2 Å². The molecule has 0 saturated carbocycles. The van der Waals surface area contributed by atoms with Crippen LogP contribution in [0.3, 0.4) is 0 Å². The summed E-state index contributed by atoms with van der Waals surface area (Å²) in [5, 5.41) is 12.7. The molecule has 144 valence electrons. The van der Waals surface area contributed by atoms with E-state index in [-0.39, 0.29) is 11.8 Å². The van der Waals surface area contributed by atoms with Crippen LogP contribution in [0.25, 0.3) is 11.3 Å². The summed E-state index contributed by atoms with van der Waals surface area (Å²) in [7, 11) is 0. The first kappa shape index (κ1) is 18.5. The molecule has 1 amide bonds. The second-order valence-corrected chi connectivity index (χ2v) is 7.89. The molecule has 1 aliphatic rings. The van der Waals surface area contributed by atoms with Gasteiger partial charge in [-0.1, -0.05) is 55.0 Å². The lowest BCUT2D eigenvalue weighted by Gasteiger charge is -2.38. The fourth-order valence-corrected chi connectivity index (χ4v) is 3.84.